The topological polar surface area (TPSA) is 26.0 Å². The molecule has 0 saturated carbocycles. The minimum Gasteiger partial charge on any atom is -0.454 e. The number of pyridine rings is 1. The van der Waals surface area contributed by atoms with Crippen LogP contribution < -0.4 is 0 Å². The first-order chi connectivity index (χ1) is 24.3. The molecule has 0 amide bonds. The summed E-state index contributed by atoms with van der Waals surface area (Å²) in [7, 11) is 0. The van der Waals surface area contributed by atoms with Gasteiger partial charge in [-0.2, -0.15) is 0 Å². The van der Waals surface area contributed by atoms with Crippen LogP contribution in [0.4, 0.5) is 0 Å². The van der Waals surface area contributed by atoms with Crippen molar-refractivity contribution in [1.29, 1.82) is 0 Å². The Morgan fingerprint density at radius 2 is 0.816 bits per heavy atom. The van der Waals surface area contributed by atoms with Gasteiger partial charge in [-0.15, -0.1) is 0 Å². The molecule has 10 rings (SSSR count). The first kappa shape index (κ1) is 27.6. The summed E-state index contributed by atoms with van der Waals surface area (Å²) < 4.78 is 6.48. The summed E-state index contributed by atoms with van der Waals surface area (Å²) in [5.74, 6) is 0. The Balaban J connectivity index is 1.19. The molecule has 0 bridgehead atoms. The number of benzene rings is 8. The van der Waals surface area contributed by atoms with Crippen molar-refractivity contribution in [3.8, 4) is 44.5 Å². The van der Waals surface area contributed by atoms with Crippen molar-refractivity contribution < 1.29 is 4.42 Å². The molecule has 0 saturated heterocycles. The van der Waals surface area contributed by atoms with Crippen LogP contribution in [-0.4, -0.2) is 4.98 Å². The molecule has 0 aliphatic carbocycles. The second kappa shape index (κ2) is 11.0. The van der Waals surface area contributed by atoms with Gasteiger partial charge in [0.15, 0.2) is 5.58 Å². The molecule has 0 unspecified atom stereocenters. The number of para-hydroxylation sites is 2. The highest BCUT2D eigenvalue weighted by Gasteiger charge is 2.19. The highest BCUT2D eigenvalue weighted by atomic mass is 16.3. The number of fused-ring (bicyclic) bond motifs is 6. The van der Waals surface area contributed by atoms with Crippen LogP contribution in [0.2, 0.25) is 0 Å². The molecule has 0 aliphatic heterocycles. The van der Waals surface area contributed by atoms with Gasteiger partial charge < -0.3 is 4.42 Å². The molecule has 10 aromatic rings. The fourth-order valence-corrected chi connectivity index (χ4v) is 7.64. The molecule has 0 spiro atoms. The molecule has 0 aliphatic rings. The van der Waals surface area contributed by atoms with Crippen LogP contribution in [0.15, 0.2) is 180 Å². The number of hydrogen-bond acceptors (Lipinski definition) is 2. The van der Waals surface area contributed by atoms with Crippen molar-refractivity contribution in [2.24, 2.45) is 0 Å². The number of nitrogens with zero attached hydrogens (tertiary/aromatic N) is 1. The minimum atomic E-state index is 0.825. The molecular formula is C47H29NO. The molecule has 0 radical (unpaired) electrons. The van der Waals surface area contributed by atoms with E-state index in [0.717, 1.165) is 44.1 Å². The van der Waals surface area contributed by atoms with E-state index in [-0.39, 0.29) is 0 Å². The van der Waals surface area contributed by atoms with Crippen LogP contribution in [0.5, 0.6) is 0 Å². The van der Waals surface area contributed by atoms with Crippen LogP contribution >= 0.6 is 0 Å². The molecule has 2 nitrogen and oxygen atoms in total. The number of furan rings is 1. The van der Waals surface area contributed by atoms with E-state index >= 15 is 0 Å². The van der Waals surface area contributed by atoms with E-state index in [4.69, 9.17) is 9.40 Å². The Bertz CT molecular complexity index is 2850. The number of rotatable bonds is 4. The first-order valence-corrected chi connectivity index (χ1v) is 16.7. The molecule has 0 N–H and O–H groups in total. The summed E-state index contributed by atoms with van der Waals surface area (Å²) in [5.41, 5.74) is 13.0. The summed E-state index contributed by atoms with van der Waals surface area (Å²) in [4.78, 5) is 5.04. The molecule has 2 aromatic heterocycles. The van der Waals surface area contributed by atoms with Crippen molar-refractivity contribution in [3.05, 3.63) is 176 Å². The summed E-state index contributed by atoms with van der Waals surface area (Å²) in [6, 6.07) is 62.8. The zero-order chi connectivity index (χ0) is 32.3. The lowest BCUT2D eigenvalue weighted by molar-refractivity contribution is 0.670. The SMILES string of the molecule is c1ccc(-c2c3ccccc3c(-c3ccccc3)c3cc(-c4ccc(-c5c6ccccc6nc6c5oc5ccccc56)cc4)ccc23)cc1. The monoisotopic (exact) mass is 623 g/mol. The van der Waals surface area contributed by atoms with Gasteiger partial charge in [-0.05, 0) is 84.8 Å². The third-order valence-corrected chi connectivity index (χ3v) is 9.86. The Labute approximate surface area is 283 Å². The average molecular weight is 624 g/mol. The van der Waals surface area contributed by atoms with Crippen molar-refractivity contribution >= 4 is 54.5 Å². The van der Waals surface area contributed by atoms with E-state index in [0.29, 0.717) is 0 Å². The lowest BCUT2D eigenvalue weighted by Crippen LogP contribution is -1.91. The van der Waals surface area contributed by atoms with Crippen LogP contribution in [-0.2, 0) is 0 Å². The van der Waals surface area contributed by atoms with Gasteiger partial charge in [0.25, 0.3) is 0 Å². The van der Waals surface area contributed by atoms with Gasteiger partial charge in [-0.3, -0.25) is 0 Å². The molecule has 2 heteroatoms. The van der Waals surface area contributed by atoms with E-state index in [9.17, 15) is 0 Å². The van der Waals surface area contributed by atoms with Crippen molar-refractivity contribution in [2.75, 3.05) is 0 Å². The van der Waals surface area contributed by atoms with Crippen molar-refractivity contribution in [3.63, 3.8) is 0 Å². The predicted octanol–water partition coefficient (Wildman–Crippen LogP) is 13.1. The Kier molecular flexibility index (Phi) is 6.22. The highest BCUT2D eigenvalue weighted by Crippen LogP contribution is 2.45. The Hall–Kier alpha value is -6.51. The maximum absolute atomic E-state index is 6.48. The van der Waals surface area contributed by atoms with Gasteiger partial charge in [-0.25, -0.2) is 4.98 Å². The molecule has 49 heavy (non-hydrogen) atoms. The Morgan fingerprint density at radius 3 is 1.51 bits per heavy atom. The van der Waals surface area contributed by atoms with E-state index in [1.165, 1.54) is 54.9 Å². The van der Waals surface area contributed by atoms with Gasteiger partial charge >= 0.3 is 0 Å². The largest absolute Gasteiger partial charge is 0.454 e. The third-order valence-electron chi connectivity index (χ3n) is 9.86. The third kappa shape index (κ3) is 4.38. The molecule has 8 aromatic carbocycles. The zero-order valence-electron chi connectivity index (χ0n) is 26.6. The van der Waals surface area contributed by atoms with Gasteiger partial charge in [0.1, 0.15) is 11.1 Å². The van der Waals surface area contributed by atoms with Gasteiger partial charge in [0.2, 0.25) is 0 Å². The molecular weight excluding hydrogens is 595 g/mol. The second-order valence-electron chi connectivity index (χ2n) is 12.6. The average Bonchev–Trinajstić information content (AvgIpc) is 3.54. The van der Waals surface area contributed by atoms with Crippen molar-refractivity contribution in [1.82, 2.24) is 4.98 Å². The highest BCUT2D eigenvalue weighted by molar-refractivity contribution is 6.22. The zero-order valence-corrected chi connectivity index (χ0v) is 26.6. The Morgan fingerprint density at radius 1 is 0.327 bits per heavy atom. The summed E-state index contributed by atoms with van der Waals surface area (Å²) in [6.45, 7) is 0. The second-order valence-corrected chi connectivity index (χ2v) is 12.6. The number of aromatic nitrogens is 1. The summed E-state index contributed by atoms with van der Waals surface area (Å²) in [6.07, 6.45) is 0. The fourth-order valence-electron chi connectivity index (χ4n) is 7.64. The first-order valence-electron chi connectivity index (χ1n) is 16.7. The van der Waals surface area contributed by atoms with Crippen LogP contribution in [0, 0.1) is 0 Å². The summed E-state index contributed by atoms with van der Waals surface area (Å²) >= 11 is 0. The molecule has 2 heterocycles. The molecule has 0 atom stereocenters. The van der Waals surface area contributed by atoms with Crippen LogP contribution in [0.1, 0.15) is 0 Å². The van der Waals surface area contributed by atoms with Crippen LogP contribution in [0.25, 0.3) is 99.0 Å². The maximum atomic E-state index is 6.48. The lowest BCUT2D eigenvalue weighted by atomic mass is 9.85. The fraction of sp³-hybridized carbons (Fsp3) is 0. The standard InChI is InChI=1S/C47H29NO/c1-3-13-31(14-4-1)43-35-17-7-8-18-36(35)44(32-15-5-2-6-16-32)40-29-34(27-28-37(40)43)30-23-25-33(26-24-30)45-38-19-9-11-21-41(38)48-46-39-20-10-12-22-42(39)49-47(45)46/h1-29H. The smallest absolute Gasteiger partial charge is 0.162 e. The number of hydrogen-bond donors (Lipinski definition) is 0. The van der Waals surface area contributed by atoms with E-state index in [2.05, 4.69) is 152 Å². The predicted molar refractivity (Wildman–Crippen MR) is 206 cm³/mol. The summed E-state index contributed by atoms with van der Waals surface area (Å²) in [5, 5.41) is 7.13. The lowest BCUT2D eigenvalue weighted by Gasteiger charge is -2.18. The van der Waals surface area contributed by atoms with Gasteiger partial charge in [-0.1, -0.05) is 152 Å². The molecule has 0 fully saturated rings. The van der Waals surface area contributed by atoms with E-state index in [1.807, 2.05) is 24.3 Å². The quantitative estimate of drug-likeness (QED) is 0.182. The van der Waals surface area contributed by atoms with E-state index < -0.39 is 0 Å². The van der Waals surface area contributed by atoms with Crippen molar-refractivity contribution in [2.45, 2.75) is 0 Å². The normalized spacial score (nSPS) is 11.7. The van der Waals surface area contributed by atoms with Gasteiger partial charge in [0.05, 0.1) is 5.52 Å². The molecule has 228 valence electrons. The van der Waals surface area contributed by atoms with Gasteiger partial charge in [0, 0.05) is 16.3 Å². The van der Waals surface area contributed by atoms with Crippen LogP contribution in [0.3, 0.4) is 0 Å². The maximum Gasteiger partial charge on any atom is 0.162 e. The minimum absolute atomic E-state index is 0.825. The van der Waals surface area contributed by atoms with E-state index in [1.54, 1.807) is 0 Å².